The number of ether oxygens (including phenoxy) is 2. The van der Waals surface area contributed by atoms with Crippen molar-refractivity contribution in [2.75, 3.05) is 25.5 Å². The van der Waals surface area contributed by atoms with Gasteiger partial charge in [0.25, 0.3) is 11.8 Å². The first-order valence-corrected chi connectivity index (χ1v) is 9.83. The number of primary amides is 1. The molecule has 1 aromatic heterocycles. The highest BCUT2D eigenvalue weighted by Gasteiger charge is 2.46. The van der Waals surface area contributed by atoms with E-state index in [2.05, 4.69) is 10.3 Å². The highest BCUT2D eigenvalue weighted by Crippen LogP contribution is 2.38. The van der Waals surface area contributed by atoms with E-state index in [1.54, 1.807) is 0 Å². The molecule has 0 bridgehead atoms. The maximum Gasteiger partial charge on any atom is 0.322 e. The molecule has 3 amide bonds. The van der Waals surface area contributed by atoms with Gasteiger partial charge < -0.3 is 25.4 Å². The molecule has 172 valence electrons. The van der Waals surface area contributed by atoms with Gasteiger partial charge in [0.15, 0.2) is 11.6 Å². The van der Waals surface area contributed by atoms with Crippen LogP contribution in [-0.2, 0) is 0 Å². The van der Waals surface area contributed by atoms with E-state index in [9.17, 15) is 22.8 Å². The fraction of sp³-hybridized carbons (Fsp3) is 0.190. The van der Waals surface area contributed by atoms with E-state index >= 15 is 0 Å². The van der Waals surface area contributed by atoms with Crippen LogP contribution < -0.4 is 20.5 Å². The summed E-state index contributed by atoms with van der Waals surface area (Å²) in [6.45, 7) is -1.46. The number of hydrogen-bond acceptors (Lipinski definition) is 5. The van der Waals surface area contributed by atoms with Crippen LogP contribution >= 0.6 is 11.6 Å². The summed E-state index contributed by atoms with van der Waals surface area (Å²) in [5, 5.41) is 2.19. The number of urea groups is 1. The molecule has 0 radical (unpaired) electrons. The summed E-state index contributed by atoms with van der Waals surface area (Å²) in [7, 11) is 1.37. The Bertz CT molecular complexity index is 1280. The number of amides is 3. The second-order valence-corrected chi connectivity index (χ2v) is 7.60. The number of nitrogens with zero attached hydrogens (tertiary/aromatic N) is 2. The summed E-state index contributed by atoms with van der Waals surface area (Å²) < 4.78 is 51.6. The van der Waals surface area contributed by atoms with Crippen molar-refractivity contribution in [2.45, 2.75) is 5.92 Å². The van der Waals surface area contributed by atoms with Crippen LogP contribution in [-0.4, -0.2) is 47.9 Å². The fourth-order valence-corrected chi connectivity index (χ4v) is 3.48. The third kappa shape index (κ3) is 4.31. The normalized spacial score (nSPS) is 14.5. The van der Waals surface area contributed by atoms with Gasteiger partial charge in [-0.05, 0) is 24.3 Å². The van der Waals surface area contributed by atoms with Gasteiger partial charge in [0.1, 0.15) is 16.5 Å². The second-order valence-electron chi connectivity index (χ2n) is 7.23. The number of nitrogens with two attached hydrogens (primary N) is 1. The quantitative estimate of drug-likeness (QED) is 0.562. The van der Waals surface area contributed by atoms with Crippen LogP contribution in [0.1, 0.15) is 10.4 Å². The van der Waals surface area contributed by atoms with Crippen molar-refractivity contribution < 1.29 is 32.2 Å². The molecule has 1 aliphatic rings. The summed E-state index contributed by atoms with van der Waals surface area (Å²) in [6.07, 6.45) is 1.41. The summed E-state index contributed by atoms with van der Waals surface area (Å²) in [4.78, 5) is 28.8. The Morgan fingerprint density at radius 1 is 1.18 bits per heavy atom. The molecule has 0 spiro atoms. The summed E-state index contributed by atoms with van der Waals surface area (Å²) in [5.74, 6) is -4.57. The van der Waals surface area contributed by atoms with Gasteiger partial charge in [-0.25, -0.2) is 18.0 Å². The number of nitrogens with one attached hydrogen (secondary N) is 1. The van der Waals surface area contributed by atoms with Gasteiger partial charge in [-0.3, -0.25) is 9.78 Å². The van der Waals surface area contributed by atoms with E-state index in [1.807, 2.05) is 0 Å². The number of likely N-dealkylation sites (tertiary alicyclic amines) is 1. The maximum absolute atomic E-state index is 14.9. The van der Waals surface area contributed by atoms with Crippen LogP contribution in [0.25, 0.3) is 10.9 Å². The lowest BCUT2D eigenvalue weighted by Gasteiger charge is -2.38. The SMILES string of the molecule is COc1cc2nccc(Oc3ccc(NC(=O)N4CC(F)(F)C4)c(Cl)c3F)c2cc1C(N)=O. The van der Waals surface area contributed by atoms with Crippen LogP contribution in [0.15, 0.2) is 36.5 Å². The van der Waals surface area contributed by atoms with Crippen molar-refractivity contribution in [3.63, 3.8) is 0 Å². The Kier molecular flexibility index (Phi) is 5.66. The van der Waals surface area contributed by atoms with Crippen molar-refractivity contribution in [3.8, 4) is 17.2 Å². The predicted molar refractivity (Wildman–Crippen MR) is 114 cm³/mol. The number of methoxy groups -OCH3 is 1. The zero-order valence-corrected chi connectivity index (χ0v) is 17.8. The molecule has 0 saturated carbocycles. The molecule has 3 aromatic rings. The topological polar surface area (TPSA) is 107 Å². The number of hydrogen-bond donors (Lipinski definition) is 2. The van der Waals surface area contributed by atoms with Gasteiger partial charge in [-0.15, -0.1) is 0 Å². The predicted octanol–water partition coefficient (Wildman–Crippen LogP) is 4.41. The van der Waals surface area contributed by atoms with Crippen LogP contribution in [0.5, 0.6) is 17.2 Å². The number of benzene rings is 2. The van der Waals surface area contributed by atoms with E-state index in [4.69, 9.17) is 26.8 Å². The lowest BCUT2D eigenvalue weighted by atomic mass is 10.1. The fourth-order valence-electron chi connectivity index (χ4n) is 3.27. The number of halogens is 4. The van der Waals surface area contributed by atoms with Gasteiger partial charge in [0, 0.05) is 17.6 Å². The largest absolute Gasteiger partial charge is 0.496 e. The van der Waals surface area contributed by atoms with Crippen molar-refractivity contribution >= 4 is 40.1 Å². The molecule has 33 heavy (non-hydrogen) atoms. The molecular weight excluding hydrogens is 465 g/mol. The van der Waals surface area contributed by atoms with Crippen molar-refractivity contribution in [3.05, 3.63) is 52.9 Å². The van der Waals surface area contributed by atoms with Crippen molar-refractivity contribution in [1.82, 2.24) is 9.88 Å². The lowest BCUT2D eigenvalue weighted by molar-refractivity contribution is -0.107. The Morgan fingerprint density at radius 3 is 2.55 bits per heavy atom. The van der Waals surface area contributed by atoms with E-state index in [-0.39, 0.29) is 28.5 Å². The average Bonchev–Trinajstić information content (AvgIpc) is 2.76. The number of rotatable bonds is 5. The van der Waals surface area contributed by atoms with Gasteiger partial charge >= 0.3 is 6.03 Å². The minimum Gasteiger partial charge on any atom is -0.496 e. The first-order chi connectivity index (χ1) is 15.6. The van der Waals surface area contributed by atoms with Gasteiger partial charge in [0.05, 0.1) is 37.0 Å². The number of aromatic nitrogens is 1. The van der Waals surface area contributed by atoms with Gasteiger partial charge in [-0.2, -0.15) is 0 Å². The van der Waals surface area contributed by atoms with Crippen LogP contribution in [0.2, 0.25) is 5.02 Å². The van der Waals surface area contributed by atoms with Gasteiger partial charge in [-0.1, -0.05) is 11.6 Å². The lowest BCUT2D eigenvalue weighted by Crippen LogP contribution is -2.59. The Hall–Kier alpha value is -3.73. The molecule has 1 saturated heterocycles. The highest BCUT2D eigenvalue weighted by atomic mass is 35.5. The number of anilines is 1. The molecule has 0 atom stereocenters. The maximum atomic E-state index is 14.9. The van der Waals surface area contributed by atoms with Crippen LogP contribution in [0, 0.1) is 5.82 Å². The van der Waals surface area contributed by atoms with E-state index < -0.39 is 41.8 Å². The van der Waals surface area contributed by atoms with Crippen molar-refractivity contribution in [1.29, 1.82) is 0 Å². The molecule has 2 aromatic carbocycles. The van der Waals surface area contributed by atoms with Crippen molar-refractivity contribution in [2.24, 2.45) is 5.73 Å². The minimum absolute atomic E-state index is 0.0796. The minimum atomic E-state index is -2.93. The molecule has 3 N–H and O–H groups in total. The average molecular weight is 481 g/mol. The zero-order valence-electron chi connectivity index (χ0n) is 17.0. The molecule has 1 aliphatic heterocycles. The Balaban J connectivity index is 1.62. The Morgan fingerprint density at radius 2 is 1.91 bits per heavy atom. The number of fused-ring (bicyclic) bond motifs is 1. The second kappa shape index (κ2) is 8.32. The first kappa shape index (κ1) is 22.5. The van der Waals surface area contributed by atoms with Crippen LogP contribution in [0.4, 0.5) is 23.7 Å². The molecule has 4 rings (SSSR count). The number of carbonyl (C=O) groups is 2. The highest BCUT2D eigenvalue weighted by molar-refractivity contribution is 6.34. The van der Waals surface area contributed by atoms with Gasteiger partial charge in [0.2, 0.25) is 0 Å². The van der Waals surface area contributed by atoms with E-state index in [1.165, 1.54) is 43.6 Å². The molecule has 0 unspecified atom stereocenters. The number of alkyl halides is 2. The monoisotopic (exact) mass is 480 g/mol. The third-order valence-corrected chi connectivity index (χ3v) is 5.30. The number of pyridine rings is 1. The van der Waals surface area contributed by atoms with E-state index in [0.29, 0.717) is 10.9 Å². The standard InChI is InChI=1S/C21H16ClF3N4O4/c1-32-16-7-13-10(6-11(16)19(26)30)14(4-5-27-13)33-15-3-2-12(17(22)18(15)23)28-20(31)29-8-21(24,25)9-29/h2-7H,8-9H2,1H3,(H2,26,30)(H,28,31). The molecule has 0 aliphatic carbocycles. The molecule has 1 fully saturated rings. The molecule has 2 heterocycles. The first-order valence-electron chi connectivity index (χ1n) is 9.46. The number of carbonyl (C=O) groups excluding carboxylic acids is 2. The summed E-state index contributed by atoms with van der Waals surface area (Å²) >= 11 is 6.03. The van der Waals surface area contributed by atoms with Crippen LogP contribution in [0.3, 0.4) is 0 Å². The molecule has 8 nitrogen and oxygen atoms in total. The molecular formula is C21H16ClF3N4O4. The zero-order chi connectivity index (χ0) is 23.9. The summed E-state index contributed by atoms with van der Waals surface area (Å²) in [6, 6.07) is 6.01. The van der Waals surface area contributed by atoms with E-state index in [0.717, 1.165) is 4.90 Å². The third-order valence-electron chi connectivity index (χ3n) is 4.93. The molecule has 12 heteroatoms. The summed E-state index contributed by atoms with van der Waals surface area (Å²) in [5.41, 5.74) is 5.77. The Labute approximate surface area is 190 Å². The smallest absolute Gasteiger partial charge is 0.322 e.